The number of nitrogen functional groups attached to an aromatic ring is 1. The first-order valence-corrected chi connectivity index (χ1v) is 8.72. The van der Waals surface area contributed by atoms with Crippen LogP contribution in [0.2, 0.25) is 0 Å². The number of sulfone groups is 1. The molecule has 114 valence electrons. The summed E-state index contributed by atoms with van der Waals surface area (Å²) in [7, 11) is -3.04. The fourth-order valence-electron chi connectivity index (χ4n) is 3.01. The van der Waals surface area contributed by atoms with Crippen molar-refractivity contribution in [1.29, 1.82) is 0 Å². The maximum Gasteiger partial charge on any atom is 0.290 e. The maximum absolute atomic E-state index is 12.4. The molecule has 2 heterocycles. The van der Waals surface area contributed by atoms with Gasteiger partial charge in [-0.2, -0.15) is 0 Å². The van der Waals surface area contributed by atoms with Crippen LogP contribution in [0, 0.1) is 0 Å². The molecule has 1 aliphatic rings. The van der Waals surface area contributed by atoms with E-state index in [4.69, 9.17) is 5.73 Å². The van der Waals surface area contributed by atoms with Gasteiger partial charge in [-0.05, 0) is 13.3 Å². The van der Waals surface area contributed by atoms with Crippen molar-refractivity contribution >= 4 is 15.5 Å². The van der Waals surface area contributed by atoms with Crippen LogP contribution in [0.4, 0.5) is 5.69 Å². The largest absolute Gasteiger partial charge is 0.393 e. The fraction of sp³-hybridized carbons (Fsp3) is 0.769. The van der Waals surface area contributed by atoms with E-state index in [1.54, 1.807) is 4.68 Å². The Morgan fingerprint density at radius 2 is 1.95 bits per heavy atom. The van der Waals surface area contributed by atoms with Crippen LogP contribution in [0.15, 0.2) is 4.79 Å². The second-order valence-corrected chi connectivity index (χ2v) is 8.66. The van der Waals surface area contributed by atoms with Crippen molar-refractivity contribution in [3.63, 3.8) is 0 Å². The van der Waals surface area contributed by atoms with Crippen molar-refractivity contribution in [2.45, 2.75) is 52.1 Å². The molecule has 1 saturated heterocycles. The fourth-order valence-corrected chi connectivity index (χ4v) is 4.71. The lowest BCUT2D eigenvalue weighted by atomic mass is 9.91. The molecule has 1 atom stereocenters. The van der Waals surface area contributed by atoms with Crippen LogP contribution >= 0.6 is 0 Å². The molecular weight excluding hydrogens is 278 g/mol. The van der Waals surface area contributed by atoms with Gasteiger partial charge in [-0.15, -0.1) is 0 Å². The van der Waals surface area contributed by atoms with E-state index in [0.717, 1.165) is 5.69 Å². The lowest BCUT2D eigenvalue weighted by Gasteiger charge is -2.24. The monoisotopic (exact) mass is 301 g/mol. The SMILES string of the molecule is CCn1c(C(C)(C)C)c(N)c(=O)n1C1CCS(=O)(=O)C1. The predicted octanol–water partition coefficient (Wildman–Crippen LogP) is 0.909. The highest BCUT2D eigenvalue weighted by molar-refractivity contribution is 7.91. The molecule has 0 bridgehead atoms. The summed E-state index contributed by atoms with van der Waals surface area (Å²) in [5.41, 5.74) is 6.50. The molecule has 1 unspecified atom stereocenters. The Labute approximate surface area is 119 Å². The molecule has 0 spiro atoms. The Morgan fingerprint density at radius 3 is 2.35 bits per heavy atom. The second kappa shape index (κ2) is 4.65. The van der Waals surface area contributed by atoms with Crippen LogP contribution in [0.1, 0.15) is 45.9 Å². The summed E-state index contributed by atoms with van der Waals surface area (Å²) in [5, 5.41) is 0. The second-order valence-electron chi connectivity index (χ2n) is 6.43. The van der Waals surface area contributed by atoms with Crippen molar-refractivity contribution in [1.82, 2.24) is 9.36 Å². The summed E-state index contributed by atoms with van der Waals surface area (Å²) in [4.78, 5) is 12.4. The van der Waals surface area contributed by atoms with E-state index in [-0.39, 0.29) is 34.2 Å². The molecule has 0 aromatic carbocycles. The molecular formula is C13H23N3O3S. The third kappa shape index (κ3) is 2.39. The lowest BCUT2D eigenvalue weighted by Crippen LogP contribution is -2.30. The highest BCUT2D eigenvalue weighted by Gasteiger charge is 2.35. The van der Waals surface area contributed by atoms with Crippen molar-refractivity contribution in [3.05, 3.63) is 16.0 Å². The van der Waals surface area contributed by atoms with Crippen molar-refractivity contribution in [3.8, 4) is 0 Å². The molecule has 0 amide bonds. The van der Waals surface area contributed by atoms with Crippen molar-refractivity contribution in [2.24, 2.45) is 0 Å². The molecule has 2 rings (SSSR count). The van der Waals surface area contributed by atoms with Gasteiger partial charge in [0.25, 0.3) is 5.56 Å². The molecule has 6 nitrogen and oxygen atoms in total. The zero-order valence-electron chi connectivity index (χ0n) is 12.5. The number of anilines is 1. The van der Waals surface area contributed by atoms with Gasteiger partial charge < -0.3 is 5.73 Å². The first-order valence-electron chi connectivity index (χ1n) is 6.90. The van der Waals surface area contributed by atoms with Crippen LogP contribution in [0.25, 0.3) is 0 Å². The Balaban J connectivity index is 2.64. The Morgan fingerprint density at radius 1 is 1.35 bits per heavy atom. The minimum Gasteiger partial charge on any atom is -0.393 e. The van der Waals surface area contributed by atoms with Gasteiger partial charge in [0.1, 0.15) is 5.69 Å². The normalized spacial score (nSPS) is 22.3. The average Bonchev–Trinajstić information content (AvgIpc) is 2.77. The first kappa shape index (κ1) is 15.2. The van der Waals surface area contributed by atoms with Gasteiger partial charge in [-0.3, -0.25) is 9.48 Å². The van der Waals surface area contributed by atoms with Gasteiger partial charge in [0.2, 0.25) is 0 Å². The molecule has 2 N–H and O–H groups in total. The van der Waals surface area contributed by atoms with E-state index in [0.29, 0.717) is 13.0 Å². The Hall–Kier alpha value is -1.24. The van der Waals surface area contributed by atoms with Crippen LogP contribution in [-0.2, 0) is 21.8 Å². The Kier molecular flexibility index (Phi) is 3.52. The number of aromatic nitrogens is 2. The smallest absolute Gasteiger partial charge is 0.290 e. The topological polar surface area (TPSA) is 87.1 Å². The third-order valence-corrected chi connectivity index (χ3v) is 5.53. The molecule has 0 radical (unpaired) electrons. The summed E-state index contributed by atoms with van der Waals surface area (Å²) in [6.07, 6.45) is 0.481. The average molecular weight is 301 g/mol. The number of rotatable bonds is 2. The zero-order chi connectivity index (χ0) is 15.3. The van der Waals surface area contributed by atoms with Crippen molar-refractivity contribution in [2.75, 3.05) is 17.2 Å². The Bertz CT molecular complexity index is 677. The number of nitrogens with zero attached hydrogens (tertiary/aromatic N) is 2. The van der Waals surface area contributed by atoms with Gasteiger partial charge in [0, 0.05) is 12.0 Å². The minimum atomic E-state index is -3.04. The quantitative estimate of drug-likeness (QED) is 0.879. The summed E-state index contributed by atoms with van der Waals surface area (Å²) in [6.45, 7) is 8.53. The zero-order valence-corrected chi connectivity index (χ0v) is 13.3. The van der Waals surface area contributed by atoms with E-state index < -0.39 is 9.84 Å². The summed E-state index contributed by atoms with van der Waals surface area (Å²) >= 11 is 0. The van der Waals surface area contributed by atoms with Crippen LogP contribution in [0.3, 0.4) is 0 Å². The van der Waals surface area contributed by atoms with E-state index in [1.165, 1.54) is 0 Å². The minimum absolute atomic E-state index is 0.0277. The summed E-state index contributed by atoms with van der Waals surface area (Å²) < 4.78 is 26.7. The molecule has 0 saturated carbocycles. The summed E-state index contributed by atoms with van der Waals surface area (Å²) in [5.74, 6) is 0.170. The number of nitrogens with two attached hydrogens (primary N) is 1. The van der Waals surface area contributed by atoms with Gasteiger partial charge in [0.05, 0.1) is 23.2 Å². The highest BCUT2D eigenvalue weighted by atomic mass is 32.2. The van der Waals surface area contributed by atoms with E-state index in [9.17, 15) is 13.2 Å². The maximum atomic E-state index is 12.4. The number of hydrogen-bond donors (Lipinski definition) is 1. The van der Waals surface area contributed by atoms with E-state index in [2.05, 4.69) is 0 Å². The van der Waals surface area contributed by atoms with Crippen LogP contribution in [-0.4, -0.2) is 29.3 Å². The molecule has 0 aliphatic carbocycles. The highest BCUT2D eigenvalue weighted by Crippen LogP contribution is 2.30. The molecule has 1 aliphatic heterocycles. The van der Waals surface area contributed by atoms with E-state index in [1.807, 2.05) is 32.4 Å². The van der Waals surface area contributed by atoms with Gasteiger partial charge in [-0.25, -0.2) is 13.1 Å². The van der Waals surface area contributed by atoms with E-state index >= 15 is 0 Å². The molecule has 20 heavy (non-hydrogen) atoms. The standard InChI is InChI=1S/C13H23N3O3S/c1-5-15-11(13(2,3)4)10(14)12(17)16(15)9-6-7-20(18,19)8-9/h9H,5-8,14H2,1-4H3. The molecule has 1 fully saturated rings. The molecule has 1 aromatic rings. The van der Waals surface area contributed by atoms with Crippen LogP contribution < -0.4 is 11.3 Å². The first-order chi connectivity index (χ1) is 9.08. The number of hydrogen-bond acceptors (Lipinski definition) is 4. The van der Waals surface area contributed by atoms with Gasteiger partial charge in [0.15, 0.2) is 9.84 Å². The lowest BCUT2D eigenvalue weighted by molar-refractivity contribution is 0.365. The van der Waals surface area contributed by atoms with Gasteiger partial charge in [-0.1, -0.05) is 20.8 Å². The van der Waals surface area contributed by atoms with Crippen molar-refractivity contribution < 1.29 is 8.42 Å². The predicted molar refractivity (Wildman–Crippen MR) is 79.8 cm³/mol. The molecule has 1 aromatic heterocycles. The summed E-state index contributed by atoms with van der Waals surface area (Å²) in [6, 6.07) is -0.300. The van der Waals surface area contributed by atoms with Gasteiger partial charge >= 0.3 is 0 Å². The molecule has 7 heteroatoms. The van der Waals surface area contributed by atoms with Crippen LogP contribution in [0.5, 0.6) is 0 Å². The third-order valence-electron chi connectivity index (χ3n) is 3.78.